The van der Waals surface area contributed by atoms with E-state index >= 15 is 0 Å². The minimum Gasteiger partial charge on any atom is -0.383 e. The third-order valence-electron chi connectivity index (χ3n) is 4.85. The molecule has 1 aliphatic heterocycles. The van der Waals surface area contributed by atoms with Crippen LogP contribution >= 0.6 is 11.3 Å². The highest BCUT2D eigenvalue weighted by Gasteiger charge is 2.30. The van der Waals surface area contributed by atoms with Gasteiger partial charge in [-0.2, -0.15) is 0 Å². The lowest BCUT2D eigenvalue weighted by atomic mass is 10.1. The molecule has 0 spiro atoms. The van der Waals surface area contributed by atoms with Crippen LogP contribution in [0.25, 0.3) is 10.2 Å². The summed E-state index contributed by atoms with van der Waals surface area (Å²) in [7, 11) is 0. The predicted molar refractivity (Wildman–Crippen MR) is 89.6 cm³/mol. The second-order valence-electron chi connectivity index (χ2n) is 6.15. The Morgan fingerprint density at radius 1 is 1.29 bits per heavy atom. The summed E-state index contributed by atoms with van der Waals surface area (Å²) in [5, 5.41) is 1.04. The highest BCUT2D eigenvalue weighted by molar-refractivity contribution is 7.18. The Morgan fingerprint density at radius 3 is 2.76 bits per heavy atom. The monoisotopic (exact) mass is 304 g/mol. The molecule has 0 saturated carbocycles. The standard InChI is InChI=1S/C16H24N4S/c1-5-12-7-6-9(2)20(12)8-13-18-15(17)14-10(3)11(4)21-16(14)19-13/h9,12H,5-8H2,1-4H3,(H2,17,18,19). The molecule has 0 aromatic carbocycles. The van der Waals surface area contributed by atoms with Crippen molar-refractivity contribution in [1.29, 1.82) is 0 Å². The number of thiophene rings is 1. The average Bonchev–Trinajstić information content (AvgIpc) is 2.92. The summed E-state index contributed by atoms with van der Waals surface area (Å²) in [5.74, 6) is 1.50. The molecule has 2 aromatic rings. The van der Waals surface area contributed by atoms with Gasteiger partial charge in [0.1, 0.15) is 16.5 Å². The number of hydrogen-bond acceptors (Lipinski definition) is 5. The van der Waals surface area contributed by atoms with Crippen molar-refractivity contribution in [3.63, 3.8) is 0 Å². The molecule has 0 bridgehead atoms. The van der Waals surface area contributed by atoms with E-state index in [0.717, 1.165) is 22.6 Å². The van der Waals surface area contributed by atoms with E-state index in [1.54, 1.807) is 11.3 Å². The average molecular weight is 304 g/mol. The molecule has 1 saturated heterocycles. The first-order chi connectivity index (χ1) is 10.0. The summed E-state index contributed by atoms with van der Waals surface area (Å²) >= 11 is 1.72. The largest absolute Gasteiger partial charge is 0.383 e. The Labute approximate surface area is 130 Å². The zero-order valence-corrected chi connectivity index (χ0v) is 14.1. The van der Waals surface area contributed by atoms with Gasteiger partial charge in [0.05, 0.1) is 11.9 Å². The van der Waals surface area contributed by atoms with E-state index in [4.69, 9.17) is 10.7 Å². The number of aryl methyl sites for hydroxylation is 2. The number of likely N-dealkylation sites (tertiary alicyclic amines) is 1. The van der Waals surface area contributed by atoms with E-state index in [-0.39, 0.29) is 0 Å². The Morgan fingerprint density at radius 2 is 2.05 bits per heavy atom. The fraction of sp³-hybridized carbons (Fsp3) is 0.625. The normalized spacial score (nSPS) is 23.2. The van der Waals surface area contributed by atoms with Crippen LogP contribution in [0.5, 0.6) is 0 Å². The van der Waals surface area contributed by atoms with Crippen molar-refractivity contribution in [3.8, 4) is 0 Å². The van der Waals surface area contributed by atoms with Gasteiger partial charge in [0.15, 0.2) is 0 Å². The zero-order valence-electron chi connectivity index (χ0n) is 13.3. The van der Waals surface area contributed by atoms with Gasteiger partial charge in [0.2, 0.25) is 0 Å². The summed E-state index contributed by atoms with van der Waals surface area (Å²) in [6.07, 6.45) is 3.75. The molecule has 4 nitrogen and oxygen atoms in total. The summed E-state index contributed by atoms with van der Waals surface area (Å²) in [6.45, 7) is 9.60. The van der Waals surface area contributed by atoms with Crippen molar-refractivity contribution in [2.24, 2.45) is 0 Å². The first-order valence-electron chi connectivity index (χ1n) is 7.79. The molecule has 3 heterocycles. The van der Waals surface area contributed by atoms with Gasteiger partial charge < -0.3 is 5.73 Å². The number of aromatic nitrogens is 2. The molecule has 2 atom stereocenters. The van der Waals surface area contributed by atoms with Crippen LogP contribution in [0, 0.1) is 13.8 Å². The molecule has 2 N–H and O–H groups in total. The van der Waals surface area contributed by atoms with Crippen molar-refractivity contribution >= 4 is 27.4 Å². The SMILES string of the molecule is CCC1CCC(C)N1Cc1nc(N)c2c(C)c(C)sc2n1. The van der Waals surface area contributed by atoms with Gasteiger partial charge in [0.25, 0.3) is 0 Å². The van der Waals surface area contributed by atoms with Crippen LogP contribution in [-0.4, -0.2) is 27.0 Å². The van der Waals surface area contributed by atoms with Gasteiger partial charge >= 0.3 is 0 Å². The number of nitrogen functional groups attached to an aromatic ring is 1. The van der Waals surface area contributed by atoms with Gasteiger partial charge in [-0.3, -0.25) is 4.90 Å². The van der Waals surface area contributed by atoms with Gasteiger partial charge in [-0.1, -0.05) is 6.92 Å². The number of rotatable bonds is 3. The summed E-state index contributed by atoms with van der Waals surface area (Å²) < 4.78 is 0. The molecule has 0 amide bonds. The Balaban J connectivity index is 1.94. The van der Waals surface area contributed by atoms with Crippen LogP contribution in [-0.2, 0) is 6.54 Å². The Hall–Kier alpha value is -1.20. The number of anilines is 1. The first kappa shape index (κ1) is 14.7. The van der Waals surface area contributed by atoms with E-state index in [2.05, 4.69) is 37.6 Å². The van der Waals surface area contributed by atoms with Gasteiger partial charge in [-0.15, -0.1) is 11.3 Å². The van der Waals surface area contributed by atoms with Crippen molar-refractivity contribution in [2.75, 3.05) is 5.73 Å². The third-order valence-corrected chi connectivity index (χ3v) is 5.95. The zero-order chi connectivity index (χ0) is 15.1. The number of fused-ring (bicyclic) bond motifs is 1. The Kier molecular flexibility index (Phi) is 3.88. The van der Waals surface area contributed by atoms with E-state index in [9.17, 15) is 0 Å². The van der Waals surface area contributed by atoms with Gasteiger partial charge in [0, 0.05) is 17.0 Å². The molecular formula is C16H24N4S. The minimum absolute atomic E-state index is 0.613. The lowest BCUT2D eigenvalue weighted by Gasteiger charge is -2.26. The maximum absolute atomic E-state index is 6.18. The van der Waals surface area contributed by atoms with E-state index < -0.39 is 0 Å². The van der Waals surface area contributed by atoms with Crippen LogP contribution in [0.1, 0.15) is 49.4 Å². The van der Waals surface area contributed by atoms with Gasteiger partial charge in [-0.25, -0.2) is 9.97 Å². The molecule has 2 aromatic heterocycles. The van der Waals surface area contributed by atoms with Gasteiger partial charge in [-0.05, 0) is 45.6 Å². The molecule has 3 rings (SSSR count). The van der Waals surface area contributed by atoms with Crippen LogP contribution in [0.15, 0.2) is 0 Å². The van der Waals surface area contributed by atoms with Crippen molar-refractivity contribution in [3.05, 3.63) is 16.3 Å². The smallest absolute Gasteiger partial charge is 0.146 e. The van der Waals surface area contributed by atoms with Crippen LogP contribution in [0.3, 0.4) is 0 Å². The van der Waals surface area contributed by atoms with Crippen LogP contribution in [0.4, 0.5) is 5.82 Å². The minimum atomic E-state index is 0.613. The molecule has 1 aliphatic rings. The van der Waals surface area contributed by atoms with Crippen molar-refractivity contribution in [1.82, 2.24) is 14.9 Å². The lowest BCUT2D eigenvalue weighted by molar-refractivity contribution is 0.185. The first-order valence-corrected chi connectivity index (χ1v) is 8.60. The molecule has 2 unspecified atom stereocenters. The van der Waals surface area contributed by atoms with Crippen molar-refractivity contribution in [2.45, 2.75) is 65.6 Å². The van der Waals surface area contributed by atoms with Crippen molar-refractivity contribution < 1.29 is 0 Å². The van der Waals surface area contributed by atoms with E-state index in [1.165, 1.54) is 29.7 Å². The highest BCUT2D eigenvalue weighted by atomic mass is 32.1. The fourth-order valence-corrected chi connectivity index (χ4v) is 4.47. The molecule has 0 aliphatic carbocycles. The molecule has 0 radical (unpaired) electrons. The summed E-state index contributed by atoms with van der Waals surface area (Å²) in [5.41, 5.74) is 7.41. The third kappa shape index (κ3) is 2.53. The second-order valence-corrected chi connectivity index (χ2v) is 7.35. The molecule has 5 heteroatoms. The lowest BCUT2D eigenvalue weighted by Crippen LogP contribution is -2.34. The maximum atomic E-state index is 6.18. The number of nitrogens with two attached hydrogens (primary N) is 1. The summed E-state index contributed by atoms with van der Waals surface area (Å²) in [6, 6.07) is 1.27. The molecule has 114 valence electrons. The van der Waals surface area contributed by atoms with Crippen LogP contribution in [0.2, 0.25) is 0 Å². The molecular weight excluding hydrogens is 280 g/mol. The van der Waals surface area contributed by atoms with Crippen LogP contribution < -0.4 is 5.73 Å². The maximum Gasteiger partial charge on any atom is 0.146 e. The molecule has 1 fully saturated rings. The number of hydrogen-bond donors (Lipinski definition) is 1. The van der Waals surface area contributed by atoms with E-state index in [1.807, 2.05) is 0 Å². The topological polar surface area (TPSA) is 55.0 Å². The second kappa shape index (κ2) is 5.54. The number of nitrogens with zero attached hydrogens (tertiary/aromatic N) is 3. The predicted octanol–water partition coefficient (Wildman–Crippen LogP) is 3.65. The highest BCUT2D eigenvalue weighted by Crippen LogP contribution is 2.33. The van der Waals surface area contributed by atoms with E-state index in [0.29, 0.717) is 17.9 Å². The quantitative estimate of drug-likeness (QED) is 0.940. The summed E-state index contributed by atoms with van der Waals surface area (Å²) in [4.78, 5) is 14.2. The fourth-order valence-electron chi connectivity index (χ4n) is 3.41. The Bertz CT molecular complexity index is 664. The molecule has 21 heavy (non-hydrogen) atoms.